The molecule has 2 N–H and O–H groups in total. The number of carboxylic acids is 1. The molecule has 1 aromatic rings. The predicted octanol–water partition coefficient (Wildman–Crippen LogP) is 2.57. The Kier molecular flexibility index (Phi) is 5.71. The second-order valence-corrected chi connectivity index (χ2v) is 5.20. The highest BCUT2D eigenvalue weighted by Crippen LogP contribution is 2.17. The molecule has 0 heterocycles. The summed E-state index contributed by atoms with van der Waals surface area (Å²) in [6.07, 6.45) is 0. The first-order chi connectivity index (χ1) is 8.49. The third-order valence-electron chi connectivity index (χ3n) is 2.32. The molecule has 5 heteroatoms. The monoisotopic (exact) mass is 267 g/mol. The highest BCUT2D eigenvalue weighted by atomic mass is 32.2. The lowest BCUT2D eigenvalue weighted by atomic mass is 10.0. The Hall–Kier alpha value is -1.49. The number of amides is 1. The third kappa shape index (κ3) is 5.23. The van der Waals surface area contributed by atoms with Gasteiger partial charge in [0.1, 0.15) is 0 Å². The summed E-state index contributed by atoms with van der Waals surface area (Å²) in [6, 6.07) is 7.67. The van der Waals surface area contributed by atoms with Gasteiger partial charge in [0.05, 0.1) is 11.5 Å². The zero-order valence-electron chi connectivity index (χ0n) is 10.5. The number of carboxylic acid groups (broad SMARTS) is 1. The Morgan fingerprint density at radius 2 is 1.83 bits per heavy atom. The van der Waals surface area contributed by atoms with Crippen LogP contribution in [0.4, 0.5) is 5.69 Å². The summed E-state index contributed by atoms with van der Waals surface area (Å²) in [5.74, 6) is -0.536. The maximum Gasteiger partial charge on any atom is 0.313 e. The van der Waals surface area contributed by atoms with Crippen molar-refractivity contribution < 1.29 is 14.7 Å². The van der Waals surface area contributed by atoms with Gasteiger partial charge in [0.15, 0.2) is 0 Å². The molecule has 0 aliphatic rings. The Morgan fingerprint density at radius 1 is 1.22 bits per heavy atom. The quantitative estimate of drug-likeness (QED) is 0.831. The van der Waals surface area contributed by atoms with Crippen molar-refractivity contribution >= 4 is 29.3 Å². The van der Waals surface area contributed by atoms with Crippen LogP contribution >= 0.6 is 11.8 Å². The number of aliphatic carboxylic acids is 1. The number of carbonyl (C=O) groups is 2. The molecule has 0 unspecified atom stereocenters. The number of benzene rings is 1. The Labute approximate surface area is 111 Å². The lowest BCUT2D eigenvalue weighted by Gasteiger charge is -2.08. The topological polar surface area (TPSA) is 66.4 Å². The van der Waals surface area contributed by atoms with Crippen molar-refractivity contribution in [2.45, 2.75) is 19.8 Å². The van der Waals surface area contributed by atoms with Gasteiger partial charge in [-0.1, -0.05) is 26.0 Å². The molecule has 0 aromatic heterocycles. The van der Waals surface area contributed by atoms with Crippen LogP contribution in [0.25, 0.3) is 0 Å². The molecule has 1 rings (SSSR count). The van der Waals surface area contributed by atoms with Gasteiger partial charge in [-0.05, 0) is 23.6 Å². The number of thioether (sulfide) groups is 1. The molecule has 0 saturated heterocycles. The average molecular weight is 267 g/mol. The van der Waals surface area contributed by atoms with Crippen molar-refractivity contribution in [2.24, 2.45) is 0 Å². The Bertz CT molecular complexity index is 415. The molecule has 0 atom stereocenters. The Balaban J connectivity index is 2.42. The molecule has 0 bridgehead atoms. The second-order valence-electron chi connectivity index (χ2n) is 4.21. The van der Waals surface area contributed by atoms with Gasteiger partial charge in [-0.2, -0.15) is 0 Å². The molecule has 0 spiro atoms. The highest BCUT2D eigenvalue weighted by molar-refractivity contribution is 8.00. The fourth-order valence-corrected chi connectivity index (χ4v) is 1.91. The van der Waals surface area contributed by atoms with E-state index in [1.54, 1.807) is 0 Å². The van der Waals surface area contributed by atoms with E-state index in [0.29, 0.717) is 5.92 Å². The lowest BCUT2D eigenvalue weighted by molar-refractivity contribution is -0.133. The molecule has 0 saturated carbocycles. The minimum atomic E-state index is -0.908. The molecule has 1 aromatic carbocycles. The van der Waals surface area contributed by atoms with Gasteiger partial charge in [-0.15, -0.1) is 11.8 Å². The zero-order valence-corrected chi connectivity index (χ0v) is 11.3. The molecule has 18 heavy (non-hydrogen) atoms. The van der Waals surface area contributed by atoms with Crippen LogP contribution in [0, 0.1) is 0 Å². The van der Waals surface area contributed by atoms with E-state index < -0.39 is 5.97 Å². The smallest absolute Gasteiger partial charge is 0.313 e. The minimum absolute atomic E-state index is 0.0558. The van der Waals surface area contributed by atoms with E-state index in [2.05, 4.69) is 19.2 Å². The molecule has 4 nitrogen and oxygen atoms in total. The summed E-state index contributed by atoms with van der Waals surface area (Å²) < 4.78 is 0. The number of nitrogens with one attached hydrogen (secondary N) is 1. The summed E-state index contributed by atoms with van der Waals surface area (Å²) in [7, 11) is 0. The van der Waals surface area contributed by atoms with E-state index in [1.165, 1.54) is 5.56 Å². The SMILES string of the molecule is CC(C)c1ccc(NC(=O)CSCC(=O)O)cc1. The fourth-order valence-electron chi connectivity index (χ4n) is 1.38. The summed E-state index contributed by atoms with van der Waals surface area (Å²) >= 11 is 1.09. The van der Waals surface area contributed by atoms with Crippen LogP contribution in [-0.2, 0) is 9.59 Å². The predicted molar refractivity (Wildman–Crippen MR) is 74.1 cm³/mol. The van der Waals surface area contributed by atoms with Crippen molar-refractivity contribution in [2.75, 3.05) is 16.8 Å². The lowest BCUT2D eigenvalue weighted by Crippen LogP contribution is -2.15. The van der Waals surface area contributed by atoms with Crippen molar-refractivity contribution in [3.8, 4) is 0 Å². The van der Waals surface area contributed by atoms with Crippen LogP contribution < -0.4 is 5.32 Å². The molecular weight excluding hydrogens is 250 g/mol. The van der Waals surface area contributed by atoms with Crippen LogP contribution in [-0.4, -0.2) is 28.5 Å². The van der Waals surface area contributed by atoms with Gasteiger partial charge in [0.25, 0.3) is 0 Å². The molecule has 1 amide bonds. The summed E-state index contributed by atoms with van der Waals surface area (Å²) in [4.78, 5) is 21.8. The van der Waals surface area contributed by atoms with Gasteiger partial charge in [-0.3, -0.25) is 9.59 Å². The summed E-state index contributed by atoms with van der Waals surface area (Å²) in [5.41, 5.74) is 1.95. The van der Waals surface area contributed by atoms with Crippen LogP contribution in [0.3, 0.4) is 0 Å². The normalized spacial score (nSPS) is 10.4. The van der Waals surface area contributed by atoms with Gasteiger partial charge in [-0.25, -0.2) is 0 Å². The van der Waals surface area contributed by atoms with E-state index >= 15 is 0 Å². The highest BCUT2D eigenvalue weighted by Gasteiger charge is 2.05. The van der Waals surface area contributed by atoms with Gasteiger partial charge >= 0.3 is 5.97 Å². The molecule has 0 aliphatic heterocycles. The average Bonchev–Trinajstić information content (AvgIpc) is 2.29. The summed E-state index contributed by atoms with van der Waals surface area (Å²) in [6.45, 7) is 4.21. The second kappa shape index (κ2) is 7.06. The maximum atomic E-state index is 11.5. The van der Waals surface area contributed by atoms with E-state index in [4.69, 9.17) is 5.11 Å². The number of hydrogen-bond acceptors (Lipinski definition) is 3. The van der Waals surface area contributed by atoms with Crippen LogP contribution in [0.2, 0.25) is 0 Å². The first-order valence-corrected chi connectivity index (χ1v) is 6.84. The van der Waals surface area contributed by atoms with Crippen LogP contribution in [0.1, 0.15) is 25.3 Å². The summed E-state index contributed by atoms with van der Waals surface area (Å²) in [5, 5.41) is 11.2. The standard InChI is InChI=1S/C13H17NO3S/c1-9(2)10-3-5-11(6-4-10)14-12(15)7-18-8-13(16)17/h3-6,9H,7-8H2,1-2H3,(H,14,15)(H,16,17). The van der Waals surface area contributed by atoms with E-state index in [9.17, 15) is 9.59 Å². The van der Waals surface area contributed by atoms with E-state index in [1.807, 2.05) is 24.3 Å². The Morgan fingerprint density at radius 3 is 2.33 bits per heavy atom. The van der Waals surface area contributed by atoms with E-state index in [-0.39, 0.29) is 17.4 Å². The molecular formula is C13H17NO3S. The van der Waals surface area contributed by atoms with Gasteiger partial charge < -0.3 is 10.4 Å². The minimum Gasteiger partial charge on any atom is -0.481 e. The number of rotatable bonds is 6. The molecule has 98 valence electrons. The van der Waals surface area contributed by atoms with Crippen molar-refractivity contribution in [1.82, 2.24) is 0 Å². The zero-order chi connectivity index (χ0) is 13.5. The number of anilines is 1. The van der Waals surface area contributed by atoms with Gasteiger partial charge in [0, 0.05) is 5.69 Å². The van der Waals surface area contributed by atoms with Crippen LogP contribution in [0.15, 0.2) is 24.3 Å². The van der Waals surface area contributed by atoms with E-state index in [0.717, 1.165) is 17.4 Å². The first kappa shape index (κ1) is 14.6. The largest absolute Gasteiger partial charge is 0.481 e. The maximum absolute atomic E-state index is 11.5. The van der Waals surface area contributed by atoms with Crippen LogP contribution in [0.5, 0.6) is 0 Å². The third-order valence-corrected chi connectivity index (χ3v) is 3.24. The van der Waals surface area contributed by atoms with Crippen molar-refractivity contribution in [3.05, 3.63) is 29.8 Å². The number of carbonyl (C=O) groups excluding carboxylic acids is 1. The number of hydrogen-bond donors (Lipinski definition) is 2. The molecule has 0 fully saturated rings. The van der Waals surface area contributed by atoms with Crippen molar-refractivity contribution in [1.29, 1.82) is 0 Å². The van der Waals surface area contributed by atoms with Crippen molar-refractivity contribution in [3.63, 3.8) is 0 Å². The molecule has 0 aliphatic carbocycles. The first-order valence-electron chi connectivity index (χ1n) is 5.68. The van der Waals surface area contributed by atoms with Gasteiger partial charge in [0.2, 0.25) is 5.91 Å². The fraction of sp³-hybridized carbons (Fsp3) is 0.385. The molecule has 0 radical (unpaired) electrons.